The summed E-state index contributed by atoms with van der Waals surface area (Å²) in [4.78, 5) is 38.5. The molecule has 1 aliphatic rings. The van der Waals surface area contributed by atoms with Crippen molar-refractivity contribution in [1.82, 2.24) is 10.4 Å². The van der Waals surface area contributed by atoms with Gasteiger partial charge in [-0.2, -0.15) is 5.06 Å². The number of imide groups is 1. The Morgan fingerprint density at radius 2 is 2.06 bits per heavy atom. The van der Waals surface area contributed by atoms with E-state index in [1.807, 2.05) is 5.32 Å². The van der Waals surface area contributed by atoms with Crippen molar-refractivity contribution in [3.63, 3.8) is 0 Å². The smallest absolute Gasteiger partial charge is 0.303 e. The van der Waals surface area contributed by atoms with Gasteiger partial charge in [-0.25, -0.2) is 9.36 Å². The number of carbonyl (C=O) groups is 2. The molecule has 0 radical (unpaired) electrons. The highest BCUT2D eigenvalue weighted by atomic mass is 31.2. The molecule has 1 atom stereocenters. The van der Waals surface area contributed by atoms with E-state index in [2.05, 4.69) is 4.52 Å². The molecule has 1 unspecified atom stereocenters. The molecule has 0 aromatic carbocycles. The maximum Gasteiger partial charge on any atom is 0.469 e. The van der Waals surface area contributed by atoms with E-state index in [4.69, 9.17) is 15.0 Å². The van der Waals surface area contributed by atoms with Crippen molar-refractivity contribution in [2.24, 2.45) is 0 Å². The molecule has 10 heteroatoms. The summed E-state index contributed by atoms with van der Waals surface area (Å²) in [6.45, 7) is -0.268. The van der Waals surface area contributed by atoms with Gasteiger partial charge in [0.2, 0.25) is 0 Å². The summed E-state index contributed by atoms with van der Waals surface area (Å²) in [6, 6.07) is -1.95. The SMILES string of the molecule is O=C1NC(=O)N(O)C1CCCOP(=O)(O)O. The van der Waals surface area contributed by atoms with Crippen molar-refractivity contribution < 1.29 is 33.7 Å². The molecule has 1 heterocycles. The molecule has 4 N–H and O–H groups in total. The highest BCUT2D eigenvalue weighted by molar-refractivity contribution is 7.46. The van der Waals surface area contributed by atoms with E-state index in [1.54, 1.807) is 0 Å². The van der Waals surface area contributed by atoms with E-state index < -0.39 is 25.8 Å². The number of nitrogens with zero attached hydrogens (tertiary/aromatic N) is 1. The number of phosphoric ester groups is 1. The lowest BCUT2D eigenvalue weighted by Crippen LogP contribution is -2.32. The van der Waals surface area contributed by atoms with E-state index in [-0.39, 0.29) is 24.5 Å². The van der Waals surface area contributed by atoms with Gasteiger partial charge in [-0.1, -0.05) is 0 Å². The number of phosphoric acid groups is 1. The summed E-state index contributed by atoms with van der Waals surface area (Å²) >= 11 is 0. The van der Waals surface area contributed by atoms with Crippen LogP contribution in [0.3, 0.4) is 0 Å². The standard InChI is InChI=1S/C6H11N2O7P/c9-5-4(8(11)6(10)7-5)2-1-3-15-16(12,13)14/h4,11H,1-3H2,(H,7,9,10)(H2,12,13,14). The van der Waals surface area contributed by atoms with Crippen molar-refractivity contribution in [2.45, 2.75) is 18.9 Å². The molecule has 0 saturated carbocycles. The number of hydroxylamine groups is 2. The van der Waals surface area contributed by atoms with Crippen LogP contribution in [0.1, 0.15) is 12.8 Å². The van der Waals surface area contributed by atoms with Gasteiger partial charge in [0.1, 0.15) is 6.04 Å². The molecule has 0 bridgehead atoms. The average Bonchev–Trinajstić information content (AvgIpc) is 2.36. The molecule has 9 nitrogen and oxygen atoms in total. The van der Waals surface area contributed by atoms with Gasteiger partial charge in [0.15, 0.2) is 0 Å². The minimum atomic E-state index is -4.51. The Morgan fingerprint density at radius 3 is 2.50 bits per heavy atom. The number of hydrogen-bond donors (Lipinski definition) is 4. The van der Waals surface area contributed by atoms with Crippen molar-refractivity contribution in [3.05, 3.63) is 0 Å². The zero-order chi connectivity index (χ0) is 12.3. The third kappa shape index (κ3) is 3.54. The molecule has 0 aromatic heterocycles. The van der Waals surface area contributed by atoms with E-state index in [1.165, 1.54) is 0 Å². The minimum Gasteiger partial charge on any atom is -0.303 e. The molecular formula is C6H11N2O7P. The highest BCUT2D eigenvalue weighted by Gasteiger charge is 2.37. The van der Waals surface area contributed by atoms with Crippen LogP contribution in [-0.4, -0.2) is 44.6 Å². The van der Waals surface area contributed by atoms with Crippen LogP contribution in [0, 0.1) is 0 Å². The summed E-state index contributed by atoms with van der Waals surface area (Å²) in [5.74, 6) is -0.649. The highest BCUT2D eigenvalue weighted by Crippen LogP contribution is 2.35. The molecule has 1 saturated heterocycles. The second-order valence-corrected chi connectivity index (χ2v) is 4.36. The predicted octanol–water partition coefficient (Wildman–Crippen LogP) is -0.815. The second kappa shape index (κ2) is 4.89. The van der Waals surface area contributed by atoms with Crippen LogP contribution < -0.4 is 5.32 Å². The van der Waals surface area contributed by atoms with Crippen molar-refractivity contribution in [3.8, 4) is 0 Å². The van der Waals surface area contributed by atoms with Crippen LogP contribution >= 0.6 is 7.82 Å². The Balaban J connectivity index is 2.31. The molecule has 1 aliphatic heterocycles. The summed E-state index contributed by atoms with van der Waals surface area (Å²) < 4.78 is 14.4. The normalized spacial score (nSPS) is 21.4. The Bertz CT molecular complexity index is 340. The lowest BCUT2D eigenvalue weighted by molar-refractivity contribution is -0.129. The molecule has 16 heavy (non-hydrogen) atoms. The van der Waals surface area contributed by atoms with Gasteiger partial charge in [0.25, 0.3) is 5.91 Å². The van der Waals surface area contributed by atoms with Crippen LogP contribution in [0.2, 0.25) is 0 Å². The number of nitrogens with one attached hydrogen (secondary N) is 1. The Morgan fingerprint density at radius 1 is 1.44 bits per heavy atom. The Kier molecular flexibility index (Phi) is 4.00. The maximum absolute atomic E-state index is 11.1. The van der Waals surface area contributed by atoms with Crippen LogP contribution in [0.25, 0.3) is 0 Å². The fourth-order valence-corrected chi connectivity index (χ4v) is 1.58. The summed E-state index contributed by atoms with van der Waals surface area (Å²) in [5, 5.41) is 11.2. The molecule has 0 spiro atoms. The summed E-state index contributed by atoms with van der Waals surface area (Å²) in [7, 11) is -4.51. The van der Waals surface area contributed by atoms with Crippen LogP contribution in [0.5, 0.6) is 0 Å². The summed E-state index contributed by atoms with van der Waals surface area (Å²) in [6.07, 6.45) is 0.168. The Labute approximate surface area is 90.2 Å². The second-order valence-electron chi connectivity index (χ2n) is 3.12. The number of rotatable bonds is 5. The number of carbonyl (C=O) groups excluding carboxylic acids is 2. The number of hydrogen-bond acceptors (Lipinski definition) is 5. The first kappa shape index (κ1) is 13.1. The topological polar surface area (TPSA) is 136 Å². The maximum atomic E-state index is 11.1. The first-order valence-corrected chi connectivity index (χ1v) is 5.87. The van der Waals surface area contributed by atoms with E-state index >= 15 is 0 Å². The van der Waals surface area contributed by atoms with E-state index in [0.29, 0.717) is 0 Å². The van der Waals surface area contributed by atoms with Gasteiger partial charge >= 0.3 is 13.9 Å². The van der Waals surface area contributed by atoms with Gasteiger partial charge in [-0.15, -0.1) is 0 Å². The third-order valence-electron chi connectivity index (χ3n) is 1.92. The molecule has 3 amide bonds. The fourth-order valence-electron chi connectivity index (χ4n) is 1.21. The molecule has 0 aliphatic carbocycles. The molecule has 92 valence electrons. The molecule has 1 rings (SSSR count). The Hall–Kier alpha value is -0.990. The first-order valence-electron chi connectivity index (χ1n) is 4.34. The van der Waals surface area contributed by atoms with Crippen molar-refractivity contribution in [2.75, 3.05) is 6.61 Å². The lowest BCUT2D eigenvalue weighted by Gasteiger charge is -2.13. The largest absolute Gasteiger partial charge is 0.469 e. The van der Waals surface area contributed by atoms with Crippen LogP contribution in [-0.2, 0) is 13.9 Å². The predicted molar refractivity (Wildman–Crippen MR) is 48.2 cm³/mol. The van der Waals surface area contributed by atoms with Gasteiger partial charge in [-0.05, 0) is 12.8 Å². The molecule has 0 aromatic rings. The van der Waals surface area contributed by atoms with Gasteiger partial charge in [0, 0.05) is 0 Å². The monoisotopic (exact) mass is 254 g/mol. The number of amides is 3. The van der Waals surface area contributed by atoms with E-state index in [0.717, 1.165) is 0 Å². The quantitative estimate of drug-likeness (QED) is 0.218. The summed E-state index contributed by atoms with van der Waals surface area (Å²) in [5.41, 5.74) is 0. The van der Waals surface area contributed by atoms with Crippen LogP contribution in [0.4, 0.5) is 4.79 Å². The zero-order valence-corrected chi connectivity index (χ0v) is 8.96. The van der Waals surface area contributed by atoms with Crippen LogP contribution in [0.15, 0.2) is 0 Å². The lowest BCUT2D eigenvalue weighted by atomic mass is 10.1. The average molecular weight is 254 g/mol. The van der Waals surface area contributed by atoms with E-state index in [9.17, 15) is 14.2 Å². The first-order chi connectivity index (χ1) is 7.31. The van der Waals surface area contributed by atoms with Gasteiger partial charge in [0.05, 0.1) is 6.61 Å². The fraction of sp³-hybridized carbons (Fsp3) is 0.667. The number of urea groups is 1. The van der Waals surface area contributed by atoms with Crippen molar-refractivity contribution >= 4 is 19.8 Å². The minimum absolute atomic E-state index is 0.0497. The molecule has 1 fully saturated rings. The zero-order valence-electron chi connectivity index (χ0n) is 8.07. The molecular weight excluding hydrogens is 243 g/mol. The van der Waals surface area contributed by atoms with Crippen molar-refractivity contribution in [1.29, 1.82) is 0 Å². The third-order valence-corrected chi connectivity index (χ3v) is 2.44. The van der Waals surface area contributed by atoms with Gasteiger partial charge < -0.3 is 9.79 Å². The van der Waals surface area contributed by atoms with Gasteiger partial charge in [-0.3, -0.25) is 19.8 Å².